The Balaban J connectivity index is 0.00000240. The third-order valence-corrected chi connectivity index (χ3v) is 5.80. The van der Waals surface area contributed by atoms with Crippen molar-refractivity contribution in [2.75, 3.05) is 41.0 Å². The summed E-state index contributed by atoms with van der Waals surface area (Å²) in [5, 5.41) is 12.2. The van der Waals surface area contributed by atoms with E-state index in [2.05, 4.69) is 25.0 Å². The number of rotatable bonds is 6. The van der Waals surface area contributed by atoms with Crippen molar-refractivity contribution in [2.45, 2.75) is 38.4 Å². The number of methoxy groups -OCH3 is 3. The molecular formula is C20H30ClN5O3. The number of nitrogens with one attached hydrogen (secondary N) is 1. The fraction of sp³-hybridized carbons (Fsp3) is 0.600. The first-order valence-corrected chi connectivity index (χ1v) is 9.87. The molecule has 1 saturated heterocycles. The maximum atomic E-state index is 5.60. The van der Waals surface area contributed by atoms with Gasteiger partial charge in [0, 0.05) is 37.7 Å². The van der Waals surface area contributed by atoms with E-state index in [4.69, 9.17) is 14.2 Å². The van der Waals surface area contributed by atoms with Gasteiger partial charge in [-0.15, -0.1) is 22.6 Å². The van der Waals surface area contributed by atoms with Crippen LogP contribution in [0.2, 0.25) is 0 Å². The molecule has 0 saturated carbocycles. The van der Waals surface area contributed by atoms with Gasteiger partial charge < -0.3 is 24.1 Å². The molecule has 0 aliphatic carbocycles. The summed E-state index contributed by atoms with van der Waals surface area (Å²) in [7, 11) is 5.03. The lowest BCUT2D eigenvalue weighted by atomic mass is 9.95. The fourth-order valence-electron chi connectivity index (χ4n) is 4.22. The second kappa shape index (κ2) is 9.65. The Kier molecular flexibility index (Phi) is 7.21. The summed E-state index contributed by atoms with van der Waals surface area (Å²) in [6.45, 7) is 5.62. The number of halogens is 1. The highest BCUT2D eigenvalue weighted by atomic mass is 35.5. The first kappa shape index (κ1) is 21.7. The van der Waals surface area contributed by atoms with E-state index >= 15 is 0 Å². The minimum absolute atomic E-state index is 0. The zero-order valence-electron chi connectivity index (χ0n) is 17.3. The van der Waals surface area contributed by atoms with Crippen molar-refractivity contribution in [3.05, 3.63) is 29.3 Å². The first-order chi connectivity index (χ1) is 13.7. The van der Waals surface area contributed by atoms with Crippen molar-refractivity contribution in [3.8, 4) is 17.2 Å². The molecule has 1 aromatic carbocycles. The van der Waals surface area contributed by atoms with Crippen molar-refractivity contribution < 1.29 is 14.2 Å². The Labute approximate surface area is 177 Å². The zero-order chi connectivity index (χ0) is 19.5. The summed E-state index contributed by atoms with van der Waals surface area (Å²) >= 11 is 0. The van der Waals surface area contributed by atoms with Crippen LogP contribution in [0.5, 0.6) is 17.2 Å². The normalized spacial score (nSPS) is 17.3. The highest BCUT2D eigenvalue weighted by molar-refractivity contribution is 5.85. The zero-order valence-corrected chi connectivity index (χ0v) is 18.1. The Hall–Kier alpha value is -2.03. The van der Waals surface area contributed by atoms with Crippen LogP contribution in [0.15, 0.2) is 12.1 Å². The van der Waals surface area contributed by atoms with Crippen molar-refractivity contribution in [1.82, 2.24) is 25.0 Å². The van der Waals surface area contributed by atoms with E-state index in [1.54, 1.807) is 21.3 Å². The molecule has 2 aliphatic heterocycles. The molecule has 3 heterocycles. The molecule has 9 heteroatoms. The van der Waals surface area contributed by atoms with Crippen LogP contribution in [0.3, 0.4) is 0 Å². The fourth-order valence-corrected chi connectivity index (χ4v) is 4.22. The van der Waals surface area contributed by atoms with Crippen molar-refractivity contribution in [1.29, 1.82) is 0 Å². The number of benzene rings is 1. The van der Waals surface area contributed by atoms with Crippen LogP contribution in [0.1, 0.15) is 36.0 Å². The van der Waals surface area contributed by atoms with Gasteiger partial charge in [0.25, 0.3) is 0 Å². The number of fused-ring (bicyclic) bond motifs is 1. The topological polar surface area (TPSA) is 73.7 Å². The molecule has 2 aliphatic rings. The molecule has 0 unspecified atom stereocenters. The summed E-state index contributed by atoms with van der Waals surface area (Å²) in [5.41, 5.74) is 1.06. The quantitative estimate of drug-likeness (QED) is 0.763. The van der Waals surface area contributed by atoms with E-state index in [0.717, 1.165) is 86.6 Å². The van der Waals surface area contributed by atoms with E-state index < -0.39 is 0 Å². The van der Waals surface area contributed by atoms with Crippen LogP contribution in [-0.4, -0.2) is 60.6 Å². The molecule has 1 aromatic heterocycles. The van der Waals surface area contributed by atoms with Gasteiger partial charge in [0.1, 0.15) is 28.9 Å². The van der Waals surface area contributed by atoms with E-state index in [9.17, 15) is 0 Å². The Morgan fingerprint density at radius 2 is 1.69 bits per heavy atom. The van der Waals surface area contributed by atoms with Crippen LogP contribution in [0, 0.1) is 0 Å². The molecule has 0 amide bonds. The molecule has 1 fully saturated rings. The first-order valence-electron chi connectivity index (χ1n) is 9.87. The monoisotopic (exact) mass is 423 g/mol. The maximum absolute atomic E-state index is 5.60. The number of ether oxygens (including phenoxy) is 3. The van der Waals surface area contributed by atoms with E-state index in [-0.39, 0.29) is 12.4 Å². The van der Waals surface area contributed by atoms with Gasteiger partial charge in [-0.2, -0.15) is 0 Å². The maximum Gasteiger partial charge on any atom is 0.147 e. The second-order valence-corrected chi connectivity index (χ2v) is 7.36. The van der Waals surface area contributed by atoms with Crippen LogP contribution in [0.4, 0.5) is 0 Å². The molecule has 2 aromatic rings. The molecular weight excluding hydrogens is 394 g/mol. The molecule has 0 radical (unpaired) electrons. The lowest BCUT2D eigenvalue weighted by molar-refractivity contribution is 0.195. The third-order valence-electron chi connectivity index (χ3n) is 5.80. The number of hydrogen-bond donors (Lipinski definition) is 1. The lowest BCUT2D eigenvalue weighted by Gasteiger charge is -2.32. The van der Waals surface area contributed by atoms with E-state index in [1.807, 2.05) is 12.1 Å². The molecule has 8 nitrogen and oxygen atoms in total. The number of piperidine rings is 1. The Morgan fingerprint density at radius 3 is 2.31 bits per heavy atom. The minimum Gasteiger partial charge on any atom is -0.496 e. The van der Waals surface area contributed by atoms with Gasteiger partial charge in [-0.05, 0) is 25.9 Å². The Morgan fingerprint density at radius 1 is 1.00 bits per heavy atom. The molecule has 160 valence electrons. The average molecular weight is 424 g/mol. The smallest absolute Gasteiger partial charge is 0.147 e. The largest absolute Gasteiger partial charge is 0.496 e. The van der Waals surface area contributed by atoms with Gasteiger partial charge in [-0.3, -0.25) is 4.90 Å². The van der Waals surface area contributed by atoms with Gasteiger partial charge >= 0.3 is 0 Å². The van der Waals surface area contributed by atoms with Crippen molar-refractivity contribution in [2.24, 2.45) is 0 Å². The van der Waals surface area contributed by atoms with Gasteiger partial charge in [-0.1, -0.05) is 0 Å². The minimum atomic E-state index is 0. The van der Waals surface area contributed by atoms with Gasteiger partial charge in [0.05, 0.1) is 33.4 Å². The molecule has 4 rings (SSSR count). The van der Waals surface area contributed by atoms with Crippen LogP contribution in [-0.2, 0) is 19.6 Å². The SMILES string of the molecule is COc1cc(OC)c(CN2CCC(c3nnc4n3CCNC4)CC2)c(OC)c1.Cl. The summed E-state index contributed by atoms with van der Waals surface area (Å²) in [6, 6.07) is 3.84. The average Bonchev–Trinajstić information content (AvgIpc) is 3.18. The standard InChI is InChI=1S/C20H29N5O3.ClH/c1-26-15-10-17(27-2)16(18(11-15)28-3)13-24-7-4-14(5-8-24)20-23-22-19-12-21-6-9-25(19)20;/h10-11,14,21H,4-9,12-13H2,1-3H3;1H. The molecule has 0 spiro atoms. The summed E-state index contributed by atoms with van der Waals surface area (Å²) in [4.78, 5) is 2.46. The number of nitrogens with zero attached hydrogens (tertiary/aromatic N) is 4. The van der Waals surface area contributed by atoms with Crippen molar-refractivity contribution >= 4 is 12.4 Å². The number of likely N-dealkylation sites (tertiary alicyclic amines) is 1. The van der Waals surface area contributed by atoms with Crippen LogP contribution < -0.4 is 19.5 Å². The van der Waals surface area contributed by atoms with E-state index in [0.29, 0.717) is 5.92 Å². The predicted octanol–water partition coefficient (Wildman–Crippen LogP) is 2.21. The Bertz CT molecular complexity index is 795. The molecule has 0 bridgehead atoms. The lowest BCUT2D eigenvalue weighted by Crippen LogP contribution is -2.35. The number of aromatic nitrogens is 3. The molecule has 29 heavy (non-hydrogen) atoms. The predicted molar refractivity (Wildman–Crippen MR) is 112 cm³/mol. The molecule has 0 atom stereocenters. The van der Waals surface area contributed by atoms with Gasteiger partial charge in [-0.25, -0.2) is 0 Å². The number of hydrogen-bond acceptors (Lipinski definition) is 7. The second-order valence-electron chi connectivity index (χ2n) is 7.36. The van der Waals surface area contributed by atoms with Crippen molar-refractivity contribution in [3.63, 3.8) is 0 Å². The van der Waals surface area contributed by atoms with Crippen LogP contribution >= 0.6 is 12.4 Å². The van der Waals surface area contributed by atoms with Crippen LogP contribution in [0.25, 0.3) is 0 Å². The third kappa shape index (κ3) is 4.44. The van der Waals surface area contributed by atoms with E-state index in [1.165, 1.54) is 0 Å². The summed E-state index contributed by atoms with van der Waals surface area (Å²) < 4.78 is 18.9. The summed E-state index contributed by atoms with van der Waals surface area (Å²) in [6.07, 6.45) is 2.18. The molecule has 1 N–H and O–H groups in total. The summed E-state index contributed by atoms with van der Waals surface area (Å²) in [5.74, 6) is 5.05. The van der Waals surface area contributed by atoms with Gasteiger partial charge in [0.15, 0.2) is 0 Å². The highest BCUT2D eigenvalue weighted by Crippen LogP contribution is 2.36. The highest BCUT2D eigenvalue weighted by Gasteiger charge is 2.28. The van der Waals surface area contributed by atoms with Gasteiger partial charge in [0.2, 0.25) is 0 Å².